The molecule has 1 aliphatic carbocycles. The van der Waals surface area contributed by atoms with E-state index < -0.39 is 6.04 Å². The second-order valence-corrected chi connectivity index (χ2v) is 14.0. The Bertz CT molecular complexity index is 1740. The van der Waals surface area contributed by atoms with Crippen molar-refractivity contribution in [3.05, 3.63) is 103 Å². The molecule has 1 N–H and O–H groups in total. The zero-order chi connectivity index (χ0) is 30.3. The van der Waals surface area contributed by atoms with Gasteiger partial charge in [-0.05, 0) is 74.8 Å². The summed E-state index contributed by atoms with van der Waals surface area (Å²) < 4.78 is 14.5. The maximum atomic E-state index is 13.7. The number of halogens is 3. The molecular weight excluding hydrogens is 671 g/mol. The molecule has 0 saturated heterocycles. The zero-order valence-electron chi connectivity index (χ0n) is 23.8. The Morgan fingerprint density at radius 2 is 1.88 bits per heavy atom. The lowest BCUT2D eigenvalue weighted by atomic mass is 9.73. The number of aromatic nitrogens is 3. The van der Waals surface area contributed by atoms with E-state index in [0.29, 0.717) is 61.5 Å². The van der Waals surface area contributed by atoms with Crippen LogP contribution in [0.3, 0.4) is 0 Å². The van der Waals surface area contributed by atoms with Crippen LogP contribution in [-0.4, -0.2) is 27.7 Å². The van der Waals surface area contributed by atoms with Crippen molar-refractivity contribution >= 4 is 62.6 Å². The molecule has 1 aromatic heterocycles. The van der Waals surface area contributed by atoms with Crippen molar-refractivity contribution in [3.63, 3.8) is 0 Å². The Morgan fingerprint density at radius 3 is 2.63 bits per heavy atom. The number of rotatable bonds is 8. The van der Waals surface area contributed by atoms with Gasteiger partial charge in [-0.25, -0.2) is 4.68 Å². The maximum Gasteiger partial charge on any atom is 0.227 e. The van der Waals surface area contributed by atoms with Crippen LogP contribution in [0.25, 0.3) is 0 Å². The lowest BCUT2D eigenvalue weighted by Crippen LogP contribution is -2.36. The van der Waals surface area contributed by atoms with E-state index in [-0.39, 0.29) is 11.2 Å². The minimum atomic E-state index is -0.493. The van der Waals surface area contributed by atoms with Crippen LogP contribution in [0.1, 0.15) is 49.4 Å². The average Bonchev–Trinajstić information content (AvgIpc) is 3.37. The molecule has 43 heavy (non-hydrogen) atoms. The number of hydrogen-bond donors (Lipinski definition) is 1. The van der Waals surface area contributed by atoms with Crippen molar-refractivity contribution in [2.45, 2.75) is 50.2 Å². The van der Waals surface area contributed by atoms with E-state index >= 15 is 0 Å². The molecule has 4 aromatic rings. The van der Waals surface area contributed by atoms with Gasteiger partial charge in [0.2, 0.25) is 11.1 Å². The Kier molecular flexibility index (Phi) is 8.52. The van der Waals surface area contributed by atoms with Gasteiger partial charge in [-0.3, -0.25) is 4.79 Å². The van der Waals surface area contributed by atoms with E-state index in [2.05, 4.69) is 35.1 Å². The highest BCUT2D eigenvalue weighted by atomic mass is 79.9. The summed E-state index contributed by atoms with van der Waals surface area (Å²) in [4.78, 5) is 18.6. The molecule has 1 aliphatic heterocycles. The van der Waals surface area contributed by atoms with Gasteiger partial charge < -0.3 is 14.8 Å². The highest BCUT2D eigenvalue weighted by Crippen LogP contribution is 2.48. The second-order valence-electron chi connectivity index (χ2n) is 11.4. The van der Waals surface area contributed by atoms with E-state index in [1.165, 1.54) is 11.8 Å². The Labute approximate surface area is 273 Å². The quantitative estimate of drug-likeness (QED) is 0.184. The van der Waals surface area contributed by atoms with E-state index in [1.54, 1.807) is 11.8 Å². The lowest BCUT2D eigenvalue weighted by molar-refractivity contribution is -0.118. The number of fused-ring (bicyclic) bond motifs is 1. The van der Waals surface area contributed by atoms with Gasteiger partial charge in [-0.2, -0.15) is 4.98 Å². The van der Waals surface area contributed by atoms with Crippen molar-refractivity contribution in [1.29, 1.82) is 0 Å². The fourth-order valence-corrected chi connectivity index (χ4v) is 7.31. The molecule has 0 radical (unpaired) electrons. The molecular formula is C32H29BrCl2N4O3S. The molecule has 2 aliphatic rings. The van der Waals surface area contributed by atoms with Crippen molar-refractivity contribution in [3.8, 4) is 11.5 Å². The van der Waals surface area contributed by atoms with Gasteiger partial charge >= 0.3 is 0 Å². The molecule has 1 atom stereocenters. The molecule has 222 valence electrons. The molecule has 3 aromatic carbocycles. The molecule has 11 heteroatoms. The topological polar surface area (TPSA) is 78.3 Å². The predicted molar refractivity (Wildman–Crippen MR) is 174 cm³/mol. The van der Waals surface area contributed by atoms with Gasteiger partial charge in [0.15, 0.2) is 17.3 Å². The number of allylic oxidation sites excluding steroid dienone is 2. The molecule has 0 spiro atoms. The fourth-order valence-electron chi connectivity index (χ4n) is 5.49. The minimum Gasteiger partial charge on any atom is -0.493 e. The number of carbonyl (C=O) groups excluding carboxylic acids is 1. The first-order valence-corrected chi connectivity index (χ1v) is 16.3. The highest BCUT2D eigenvalue weighted by Gasteiger charge is 2.42. The number of ether oxygens (including phenoxy) is 2. The Morgan fingerprint density at radius 1 is 1.12 bits per heavy atom. The number of carbonyl (C=O) groups is 1. The molecule has 0 bridgehead atoms. The number of benzene rings is 3. The van der Waals surface area contributed by atoms with Crippen LogP contribution in [0.4, 0.5) is 5.95 Å². The standard InChI is InChI=1S/C32H29BrCl2N4O3S/c1-32(2)14-24-27(25(40)15-32)28(39-30(36-24)37-31(38-39)43-17-19-6-4-5-7-23(19)35)20-12-22(33)29(26(13-20)41-3)42-16-18-8-10-21(34)11-9-18/h4-13,28H,14-17H2,1-3H3,(H,36,37,38). The molecule has 1 unspecified atom stereocenters. The van der Waals surface area contributed by atoms with Crippen LogP contribution < -0.4 is 14.8 Å². The number of Topliss-reactive ketones (excluding diaryl/α,β-unsaturated/α-hetero) is 1. The number of ketones is 1. The number of nitrogens with one attached hydrogen (secondary N) is 1. The van der Waals surface area contributed by atoms with Gasteiger partial charge in [-0.15, -0.1) is 5.10 Å². The smallest absolute Gasteiger partial charge is 0.227 e. The molecule has 2 heterocycles. The summed E-state index contributed by atoms with van der Waals surface area (Å²) in [5.74, 6) is 2.40. The molecule has 6 rings (SSSR count). The second kappa shape index (κ2) is 12.2. The minimum absolute atomic E-state index is 0.0910. The van der Waals surface area contributed by atoms with Crippen LogP contribution in [0.2, 0.25) is 10.0 Å². The zero-order valence-corrected chi connectivity index (χ0v) is 27.7. The van der Waals surface area contributed by atoms with Crippen LogP contribution in [0, 0.1) is 5.41 Å². The van der Waals surface area contributed by atoms with Gasteiger partial charge in [0.05, 0.1) is 11.6 Å². The Hall–Kier alpha value is -2.98. The summed E-state index contributed by atoms with van der Waals surface area (Å²) in [6, 6.07) is 18.6. The third-order valence-electron chi connectivity index (χ3n) is 7.49. The fraction of sp³-hybridized carbons (Fsp3) is 0.281. The van der Waals surface area contributed by atoms with Gasteiger partial charge in [0, 0.05) is 33.5 Å². The van der Waals surface area contributed by atoms with E-state index in [4.69, 9.17) is 42.8 Å². The Balaban J connectivity index is 1.37. The summed E-state index contributed by atoms with van der Waals surface area (Å²) in [5.41, 5.74) is 4.21. The number of thioether (sulfide) groups is 1. The summed E-state index contributed by atoms with van der Waals surface area (Å²) in [6.45, 7) is 4.56. The van der Waals surface area contributed by atoms with E-state index in [0.717, 1.165) is 28.8 Å². The number of methoxy groups -OCH3 is 1. The van der Waals surface area contributed by atoms with Crippen LogP contribution >= 0.6 is 50.9 Å². The number of nitrogens with zero attached hydrogens (tertiary/aromatic N) is 3. The van der Waals surface area contributed by atoms with E-state index in [1.807, 2.05) is 60.7 Å². The lowest BCUT2D eigenvalue weighted by Gasteiger charge is -2.38. The van der Waals surface area contributed by atoms with Crippen molar-refractivity contribution in [2.75, 3.05) is 12.4 Å². The van der Waals surface area contributed by atoms with Gasteiger partial charge in [0.1, 0.15) is 12.6 Å². The SMILES string of the molecule is COc1cc(C2C3=C(CC(C)(C)CC3=O)Nc3nc(SCc4ccccc4Cl)nn32)cc(Br)c1OCc1ccc(Cl)cc1. The van der Waals surface area contributed by atoms with Gasteiger partial charge in [0.25, 0.3) is 0 Å². The number of hydrogen-bond acceptors (Lipinski definition) is 7. The van der Waals surface area contributed by atoms with Crippen molar-refractivity contribution in [1.82, 2.24) is 14.8 Å². The molecule has 7 nitrogen and oxygen atoms in total. The van der Waals surface area contributed by atoms with Crippen molar-refractivity contribution in [2.24, 2.45) is 5.41 Å². The first kappa shape index (κ1) is 30.1. The predicted octanol–water partition coefficient (Wildman–Crippen LogP) is 8.89. The van der Waals surface area contributed by atoms with Gasteiger partial charge in [-0.1, -0.05) is 79.1 Å². The van der Waals surface area contributed by atoms with Crippen LogP contribution in [0.5, 0.6) is 11.5 Å². The summed E-state index contributed by atoms with van der Waals surface area (Å²) in [5, 5.41) is 10.3. The largest absolute Gasteiger partial charge is 0.493 e. The van der Waals surface area contributed by atoms with Crippen LogP contribution in [-0.2, 0) is 17.2 Å². The highest BCUT2D eigenvalue weighted by molar-refractivity contribution is 9.10. The molecule has 0 amide bonds. The monoisotopic (exact) mass is 698 g/mol. The number of anilines is 1. The third-order valence-corrected chi connectivity index (χ3v) is 9.59. The first-order chi connectivity index (χ1) is 20.6. The molecule has 0 saturated carbocycles. The van der Waals surface area contributed by atoms with Crippen molar-refractivity contribution < 1.29 is 14.3 Å². The van der Waals surface area contributed by atoms with E-state index in [9.17, 15) is 4.79 Å². The molecule has 0 fully saturated rings. The summed E-state index contributed by atoms with van der Waals surface area (Å²) in [6.07, 6.45) is 1.17. The third kappa shape index (κ3) is 6.32. The average molecular weight is 700 g/mol. The summed E-state index contributed by atoms with van der Waals surface area (Å²) >= 11 is 17.6. The first-order valence-electron chi connectivity index (χ1n) is 13.7. The van der Waals surface area contributed by atoms with Crippen LogP contribution in [0.15, 0.2) is 81.6 Å². The normalized spacial score (nSPS) is 17.3. The summed E-state index contributed by atoms with van der Waals surface area (Å²) in [7, 11) is 1.60. The maximum absolute atomic E-state index is 13.7.